The first kappa shape index (κ1) is 20.2. The minimum absolute atomic E-state index is 0.0902. The fourth-order valence-corrected chi connectivity index (χ4v) is 5.92. The Balaban J connectivity index is 1.63. The average molecular weight is 442 g/mol. The number of rotatable bonds is 3. The first-order chi connectivity index (χ1) is 14.7. The van der Waals surface area contributed by atoms with Crippen LogP contribution in [-0.2, 0) is 15.6 Å². The molecule has 1 fully saturated rings. The van der Waals surface area contributed by atoms with Crippen LogP contribution in [0.1, 0.15) is 30.9 Å². The van der Waals surface area contributed by atoms with E-state index in [9.17, 15) is 23.7 Å². The van der Waals surface area contributed by atoms with Crippen LogP contribution < -0.4 is 0 Å². The Kier molecular flexibility index (Phi) is 4.49. The lowest BCUT2D eigenvalue weighted by molar-refractivity contribution is 0.113. The Bertz CT molecular complexity index is 1320. The molecule has 3 heterocycles. The third-order valence-corrected chi connectivity index (χ3v) is 8.06. The predicted octanol–water partition coefficient (Wildman–Crippen LogP) is 2.36. The molecular formula is C22H23N3O5S. The Hall–Kier alpha value is -2.72. The van der Waals surface area contributed by atoms with Crippen LogP contribution in [0.4, 0.5) is 5.69 Å². The van der Waals surface area contributed by atoms with Crippen molar-refractivity contribution in [1.29, 1.82) is 0 Å². The van der Waals surface area contributed by atoms with Crippen LogP contribution in [-0.4, -0.2) is 57.9 Å². The molecule has 0 saturated carbocycles. The standard InChI is InChI=1S/C22H23N3O5S/c1-22(28)16-4-2-3-5-18(16)23-20(22)19-15-12-14(6-7-17(15)24-21(19)27)31(29,30)25-10-8-13(26)9-11-25/h2-7,12-13,24,26-28H,8-11H2,1H3/t22-/m0/s1. The van der Waals surface area contributed by atoms with Crippen LogP contribution in [0, 0.1) is 0 Å². The van der Waals surface area contributed by atoms with E-state index in [0.29, 0.717) is 35.0 Å². The Morgan fingerprint density at radius 3 is 2.58 bits per heavy atom. The van der Waals surface area contributed by atoms with Crippen molar-refractivity contribution in [3.8, 4) is 5.88 Å². The number of H-pyrrole nitrogens is 1. The average Bonchev–Trinajstić information content (AvgIpc) is 3.20. The summed E-state index contributed by atoms with van der Waals surface area (Å²) in [5, 5.41) is 32.0. The number of fused-ring (bicyclic) bond motifs is 2. The van der Waals surface area contributed by atoms with Crippen molar-refractivity contribution < 1.29 is 23.7 Å². The van der Waals surface area contributed by atoms with Gasteiger partial charge in [0.25, 0.3) is 0 Å². The van der Waals surface area contributed by atoms with Gasteiger partial charge < -0.3 is 20.3 Å². The van der Waals surface area contributed by atoms with E-state index >= 15 is 0 Å². The van der Waals surface area contributed by atoms with Gasteiger partial charge in [-0.15, -0.1) is 0 Å². The minimum Gasteiger partial charge on any atom is -0.494 e. The largest absolute Gasteiger partial charge is 0.494 e. The second kappa shape index (κ2) is 6.89. The number of hydrogen-bond donors (Lipinski definition) is 4. The van der Waals surface area contributed by atoms with E-state index < -0.39 is 21.7 Å². The lowest BCUT2D eigenvalue weighted by Crippen LogP contribution is -2.39. The van der Waals surface area contributed by atoms with Gasteiger partial charge in [0.15, 0.2) is 5.88 Å². The molecule has 0 spiro atoms. The quantitative estimate of drug-likeness (QED) is 0.496. The molecule has 0 bridgehead atoms. The van der Waals surface area contributed by atoms with Gasteiger partial charge in [-0.2, -0.15) is 4.31 Å². The van der Waals surface area contributed by atoms with Crippen LogP contribution in [0.2, 0.25) is 0 Å². The van der Waals surface area contributed by atoms with Crippen molar-refractivity contribution >= 4 is 32.3 Å². The van der Waals surface area contributed by atoms with Gasteiger partial charge in [-0.1, -0.05) is 18.2 Å². The number of aromatic amines is 1. The van der Waals surface area contributed by atoms with E-state index in [4.69, 9.17) is 0 Å². The van der Waals surface area contributed by atoms with Crippen molar-refractivity contribution in [3.05, 3.63) is 53.6 Å². The molecule has 2 aliphatic rings. The lowest BCUT2D eigenvalue weighted by Gasteiger charge is -2.28. The predicted molar refractivity (Wildman–Crippen MR) is 116 cm³/mol. The van der Waals surface area contributed by atoms with E-state index in [1.165, 1.54) is 16.4 Å². The second-order valence-corrected chi connectivity index (χ2v) is 10.2. The van der Waals surface area contributed by atoms with Gasteiger partial charge in [0.2, 0.25) is 10.0 Å². The Labute approximate surface area is 179 Å². The normalized spacial score (nSPS) is 22.6. The van der Waals surface area contributed by atoms with Gasteiger partial charge in [0.05, 0.1) is 28.0 Å². The van der Waals surface area contributed by atoms with Gasteiger partial charge in [0.1, 0.15) is 5.60 Å². The molecule has 162 valence electrons. The molecule has 5 rings (SSSR count). The molecular weight excluding hydrogens is 418 g/mol. The summed E-state index contributed by atoms with van der Waals surface area (Å²) in [7, 11) is -3.77. The highest BCUT2D eigenvalue weighted by Crippen LogP contribution is 2.44. The number of aromatic hydroxyl groups is 1. The van der Waals surface area contributed by atoms with E-state index in [-0.39, 0.29) is 35.1 Å². The maximum atomic E-state index is 13.2. The highest BCUT2D eigenvalue weighted by Gasteiger charge is 2.40. The molecule has 2 aliphatic heterocycles. The molecule has 0 unspecified atom stereocenters. The van der Waals surface area contributed by atoms with E-state index in [1.807, 2.05) is 6.07 Å². The van der Waals surface area contributed by atoms with Crippen molar-refractivity contribution in [2.45, 2.75) is 36.4 Å². The number of piperidine rings is 1. The van der Waals surface area contributed by atoms with E-state index in [1.54, 1.807) is 31.2 Å². The van der Waals surface area contributed by atoms with Crippen molar-refractivity contribution in [2.24, 2.45) is 4.99 Å². The third-order valence-electron chi connectivity index (χ3n) is 6.17. The molecule has 9 heteroatoms. The zero-order chi connectivity index (χ0) is 22.0. The Morgan fingerprint density at radius 2 is 1.87 bits per heavy atom. The van der Waals surface area contributed by atoms with Crippen molar-refractivity contribution in [2.75, 3.05) is 13.1 Å². The maximum absolute atomic E-state index is 13.2. The molecule has 2 aromatic carbocycles. The number of para-hydroxylation sites is 1. The summed E-state index contributed by atoms with van der Waals surface area (Å²) in [4.78, 5) is 7.49. The molecule has 0 amide bonds. The fourth-order valence-electron chi connectivity index (χ4n) is 4.43. The number of nitrogens with one attached hydrogen (secondary N) is 1. The van der Waals surface area contributed by atoms with Crippen LogP contribution >= 0.6 is 0 Å². The van der Waals surface area contributed by atoms with Gasteiger partial charge in [0, 0.05) is 29.6 Å². The SMILES string of the molecule is C[C@@]1(O)C(c2c(O)[nH]c3ccc(S(=O)(=O)N4CCC(O)CC4)cc23)=Nc2ccccc21. The number of sulfonamides is 1. The van der Waals surface area contributed by atoms with Gasteiger partial charge in [-0.05, 0) is 44.0 Å². The highest BCUT2D eigenvalue weighted by molar-refractivity contribution is 7.89. The Morgan fingerprint density at radius 1 is 1.16 bits per heavy atom. The summed E-state index contributed by atoms with van der Waals surface area (Å²) in [6.07, 6.45) is 0.317. The van der Waals surface area contributed by atoms with E-state index in [2.05, 4.69) is 9.98 Å². The molecule has 8 nitrogen and oxygen atoms in total. The summed E-state index contributed by atoms with van der Waals surface area (Å²) in [5.74, 6) is -0.183. The summed E-state index contributed by atoms with van der Waals surface area (Å²) in [6, 6.07) is 11.8. The molecule has 31 heavy (non-hydrogen) atoms. The fraction of sp³-hybridized carbons (Fsp3) is 0.318. The molecule has 1 atom stereocenters. The van der Waals surface area contributed by atoms with Crippen LogP contribution in [0.3, 0.4) is 0 Å². The number of aliphatic hydroxyl groups is 2. The summed E-state index contributed by atoms with van der Waals surface area (Å²) in [5.41, 5.74) is 0.854. The highest BCUT2D eigenvalue weighted by atomic mass is 32.2. The number of nitrogens with zero attached hydrogens (tertiary/aromatic N) is 2. The van der Waals surface area contributed by atoms with Crippen LogP contribution in [0.5, 0.6) is 5.88 Å². The summed E-state index contributed by atoms with van der Waals surface area (Å²) < 4.78 is 27.7. The van der Waals surface area contributed by atoms with Gasteiger partial charge in [-0.25, -0.2) is 13.4 Å². The molecule has 1 aromatic heterocycles. The monoisotopic (exact) mass is 441 g/mol. The summed E-state index contributed by atoms with van der Waals surface area (Å²) >= 11 is 0. The van der Waals surface area contributed by atoms with Crippen LogP contribution in [0.15, 0.2) is 52.4 Å². The number of aliphatic hydroxyl groups excluding tert-OH is 1. The minimum atomic E-state index is -3.77. The zero-order valence-corrected chi connectivity index (χ0v) is 17.7. The van der Waals surface area contributed by atoms with Crippen molar-refractivity contribution in [1.82, 2.24) is 9.29 Å². The van der Waals surface area contributed by atoms with Gasteiger partial charge in [-0.3, -0.25) is 0 Å². The second-order valence-electron chi connectivity index (χ2n) is 8.24. The molecule has 3 aromatic rings. The van der Waals surface area contributed by atoms with Gasteiger partial charge >= 0.3 is 0 Å². The first-order valence-electron chi connectivity index (χ1n) is 10.1. The zero-order valence-electron chi connectivity index (χ0n) is 16.9. The first-order valence-corrected chi connectivity index (χ1v) is 11.6. The topological polar surface area (TPSA) is 126 Å². The molecule has 1 saturated heterocycles. The van der Waals surface area contributed by atoms with E-state index in [0.717, 1.165) is 0 Å². The molecule has 0 aliphatic carbocycles. The summed E-state index contributed by atoms with van der Waals surface area (Å²) in [6.45, 7) is 2.11. The number of hydrogen-bond acceptors (Lipinski definition) is 6. The number of benzene rings is 2. The maximum Gasteiger partial charge on any atom is 0.243 e. The molecule has 0 radical (unpaired) electrons. The van der Waals surface area contributed by atoms with Crippen LogP contribution in [0.25, 0.3) is 10.9 Å². The molecule has 4 N–H and O–H groups in total. The number of aliphatic imine (C=N–C) groups is 1. The third kappa shape index (κ3) is 3.08. The number of aromatic nitrogens is 1. The smallest absolute Gasteiger partial charge is 0.243 e. The lowest BCUT2D eigenvalue weighted by atomic mass is 9.88. The van der Waals surface area contributed by atoms with Crippen molar-refractivity contribution in [3.63, 3.8) is 0 Å².